The Hall–Kier alpha value is -2.80. The summed E-state index contributed by atoms with van der Waals surface area (Å²) >= 11 is 0. The molecular weight excluding hydrogens is 348 g/mol. The van der Waals surface area contributed by atoms with Crippen molar-refractivity contribution in [2.24, 2.45) is 0 Å². The third kappa shape index (κ3) is 5.34. The lowest BCUT2D eigenvalue weighted by Gasteiger charge is -2.21. The summed E-state index contributed by atoms with van der Waals surface area (Å²) in [5.41, 5.74) is 0.251. The van der Waals surface area contributed by atoms with E-state index in [0.29, 0.717) is 24.7 Å². The molecule has 0 radical (unpaired) electrons. The van der Waals surface area contributed by atoms with Crippen molar-refractivity contribution in [1.29, 1.82) is 0 Å². The molecule has 1 aromatic heterocycles. The SMILES string of the molecule is O=C(O)c1ccc(OCCCN2CCCN(C(=O)c3ccco3)CC2)cc1. The Morgan fingerprint density at radius 1 is 1.07 bits per heavy atom. The molecule has 1 N–H and O–H groups in total. The highest BCUT2D eigenvalue weighted by atomic mass is 16.5. The first-order chi connectivity index (χ1) is 13.1. The van der Waals surface area contributed by atoms with Gasteiger partial charge in [-0.2, -0.15) is 0 Å². The highest BCUT2D eigenvalue weighted by Crippen LogP contribution is 2.13. The van der Waals surface area contributed by atoms with E-state index in [1.54, 1.807) is 24.3 Å². The quantitative estimate of drug-likeness (QED) is 0.752. The summed E-state index contributed by atoms with van der Waals surface area (Å²) < 4.78 is 10.9. The molecule has 2 aromatic rings. The molecule has 1 saturated heterocycles. The molecule has 7 heteroatoms. The number of benzene rings is 1. The zero-order valence-corrected chi connectivity index (χ0v) is 15.2. The number of aromatic carboxylic acids is 1. The van der Waals surface area contributed by atoms with Crippen LogP contribution in [-0.2, 0) is 0 Å². The molecule has 1 aliphatic heterocycles. The maximum atomic E-state index is 12.4. The molecule has 1 amide bonds. The predicted molar refractivity (Wildman–Crippen MR) is 99.2 cm³/mol. The van der Waals surface area contributed by atoms with Gasteiger partial charge < -0.3 is 24.1 Å². The fraction of sp³-hybridized carbons (Fsp3) is 0.400. The molecule has 0 bridgehead atoms. The topological polar surface area (TPSA) is 83.2 Å². The number of carbonyl (C=O) groups is 2. The maximum absolute atomic E-state index is 12.4. The summed E-state index contributed by atoms with van der Waals surface area (Å²) in [5.74, 6) is 0.0779. The molecule has 27 heavy (non-hydrogen) atoms. The Bertz CT molecular complexity index is 742. The van der Waals surface area contributed by atoms with Crippen LogP contribution in [-0.4, -0.2) is 66.1 Å². The summed E-state index contributed by atoms with van der Waals surface area (Å²) in [6.07, 6.45) is 3.32. The Morgan fingerprint density at radius 2 is 1.89 bits per heavy atom. The Kier molecular flexibility index (Phi) is 6.49. The largest absolute Gasteiger partial charge is 0.494 e. The first-order valence-corrected chi connectivity index (χ1v) is 9.15. The summed E-state index contributed by atoms with van der Waals surface area (Å²) in [7, 11) is 0. The van der Waals surface area contributed by atoms with Crippen molar-refractivity contribution in [2.45, 2.75) is 12.8 Å². The van der Waals surface area contributed by atoms with Gasteiger partial charge in [-0.3, -0.25) is 4.79 Å². The number of hydrogen-bond donors (Lipinski definition) is 1. The van der Waals surface area contributed by atoms with Crippen LogP contribution >= 0.6 is 0 Å². The van der Waals surface area contributed by atoms with Crippen LogP contribution in [0.4, 0.5) is 0 Å². The van der Waals surface area contributed by atoms with Gasteiger partial charge in [0.25, 0.3) is 5.91 Å². The highest BCUT2D eigenvalue weighted by Gasteiger charge is 2.21. The summed E-state index contributed by atoms with van der Waals surface area (Å²) in [6.45, 7) is 4.68. The van der Waals surface area contributed by atoms with E-state index in [2.05, 4.69) is 4.90 Å². The number of carboxylic acids is 1. The highest BCUT2D eigenvalue weighted by molar-refractivity contribution is 5.91. The molecule has 1 fully saturated rings. The Balaban J connectivity index is 1.38. The van der Waals surface area contributed by atoms with E-state index in [0.717, 1.165) is 39.0 Å². The van der Waals surface area contributed by atoms with Crippen LogP contribution in [0.5, 0.6) is 5.75 Å². The van der Waals surface area contributed by atoms with Crippen LogP contribution in [0, 0.1) is 0 Å². The second kappa shape index (κ2) is 9.23. The zero-order chi connectivity index (χ0) is 19.1. The van der Waals surface area contributed by atoms with Gasteiger partial charge in [-0.15, -0.1) is 0 Å². The molecule has 1 aliphatic rings. The lowest BCUT2D eigenvalue weighted by atomic mass is 10.2. The van der Waals surface area contributed by atoms with Gasteiger partial charge >= 0.3 is 5.97 Å². The Morgan fingerprint density at radius 3 is 2.59 bits per heavy atom. The van der Waals surface area contributed by atoms with Gasteiger partial charge in [-0.25, -0.2) is 4.79 Å². The van der Waals surface area contributed by atoms with Crippen LogP contribution in [0.3, 0.4) is 0 Å². The van der Waals surface area contributed by atoms with Crippen molar-refractivity contribution in [3.05, 3.63) is 54.0 Å². The van der Waals surface area contributed by atoms with Gasteiger partial charge in [-0.05, 0) is 55.8 Å². The lowest BCUT2D eigenvalue weighted by molar-refractivity contribution is 0.0694. The molecule has 0 spiro atoms. The van der Waals surface area contributed by atoms with Crippen LogP contribution in [0.2, 0.25) is 0 Å². The molecular formula is C20H24N2O5. The second-order valence-electron chi connectivity index (χ2n) is 6.50. The van der Waals surface area contributed by atoms with Crippen molar-refractivity contribution in [1.82, 2.24) is 9.80 Å². The maximum Gasteiger partial charge on any atom is 0.335 e. The van der Waals surface area contributed by atoms with Gasteiger partial charge in [0.05, 0.1) is 18.4 Å². The van der Waals surface area contributed by atoms with Gasteiger partial charge in [0.1, 0.15) is 5.75 Å². The molecule has 144 valence electrons. The van der Waals surface area contributed by atoms with E-state index < -0.39 is 5.97 Å². The van der Waals surface area contributed by atoms with Crippen molar-refractivity contribution < 1.29 is 23.8 Å². The zero-order valence-electron chi connectivity index (χ0n) is 15.2. The number of rotatable bonds is 7. The number of furan rings is 1. The van der Waals surface area contributed by atoms with Crippen molar-refractivity contribution in [2.75, 3.05) is 39.3 Å². The molecule has 0 unspecified atom stereocenters. The van der Waals surface area contributed by atoms with E-state index in [1.807, 2.05) is 4.90 Å². The molecule has 1 aromatic carbocycles. The van der Waals surface area contributed by atoms with Crippen molar-refractivity contribution in [3.63, 3.8) is 0 Å². The lowest BCUT2D eigenvalue weighted by Crippen LogP contribution is -2.35. The molecule has 2 heterocycles. The third-order valence-electron chi connectivity index (χ3n) is 4.60. The summed E-state index contributed by atoms with van der Waals surface area (Å²) in [5, 5.41) is 8.89. The van der Waals surface area contributed by atoms with Gasteiger partial charge in [0.2, 0.25) is 0 Å². The van der Waals surface area contributed by atoms with Crippen LogP contribution < -0.4 is 4.74 Å². The smallest absolute Gasteiger partial charge is 0.335 e. The number of carbonyl (C=O) groups excluding carboxylic acids is 1. The minimum Gasteiger partial charge on any atom is -0.494 e. The van der Waals surface area contributed by atoms with Crippen LogP contribution in [0.15, 0.2) is 47.1 Å². The molecule has 7 nitrogen and oxygen atoms in total. The van der Waals surface area contributed by atoms with E-state index in [-0.39, 0.29) is 11.5 Å². The number of ether oxygens (including phenoxy) is 1. The minimum absolute atomic E-state index is 0.0463. The van der Waals surface area contributed by atoms with Gasteiger partial charge in [-0.1, -0.05) is 0 Å². The summed E-state index contributed by atoms with van der Waals surface area (Å²) in [6, 6.07) is 9.85. The Labute approximate surface area is 158 Å². The fourth-order valence-electron chi connectivity index (χ4n) is 3.13. The van der Waals surface area contributed by atoms with E-state index >= 15 is 0 Å². The summed E-state index contributed by atoms with van der Waals surface area (Å²) in [4.78, 5) is 27.4. The first kappa shape index (κ1) is 19.0. The van der Waals surface area contributed by atoms with E-state index in [1.165, 1.54) is 18.4 Å². The average molecular weight is 372 g/mol. The van der Waals surface area contributed by atoms with E-state index in [9.17, 15) is 9.59 Å². The monoisotopic (exact) mass is 372 g/mol. The molecule has 0 aliphatic carbocycles. The van der Waals surface area contributed by atoms with Crippen molar-refractivity contribution in [3.8, 4) is 5.75 Å². The second-order valence-corrected chi connectivity index (χ2v) is 6.50. The number of carboxylic acid groups (broad SMARTS) is 1. The van der Waals surface area contributed by atoms with Gasteiger partial charge in [0, 0.05) is 26.2 Å². The van der Waals surface area contributed by atoms with Crippen molar-refractivity contribution >= 4 is 11.9 Å². The molecule has 0 atom stereocenters. The number of amides is 1. The molecule has 0 saturated carbocycles. The van der Waals surface area contributed by atoms with Crippen LogP contribution in [0.1, 0.15) is 33.8 Å². The number of nitrogens with zero attached hydrogens (tertiary/aromatic N) is 2. The minimum atomic E-state index is -0.942. The predicted octanol–water partition coefficient (Wildman–Crippen LogP) is 2.59. The average Bonchev–Trinajstić information content (AvgIpc) is 3.11. The standard InChI is InChI=1S/C20H24N2O5/c23-19(18-4-1-14-27-18)22-11-2-9-21(12-13-22)10-3-15-26-17-7-5-16(6-8-17)20(24)25/h1,4-8,14H,2-3,9-13,15H2,(H,24,25). The molecule has 3 rings (SSSR count). The van der Waals surface area contributed by atoms with E-state index in [4.69, 9.17) is 14.3 Å². The van der Waals surface area contributed by atoms with Gasteiger partial charge in [0.15, 0.2) is 5.76 Å². The normalized spacial score (nSPS) is 15.3. The number of hydrogen-bond acceptors (Lipinski definition) is 5. The fourth-order valence-corrected chi connectivity index (χ4v) is 3.13. The van der Waals surface area contributed by atoms with Crippen LogP contribution in [0.25, 0.3) is 0 Å². The first-order valence-electron chi connectivity index (χ1n) is 9.15. The third-order valence-corrected chi connectivity index (χ3v) is 4.60.